The fourth-order valence-corrected chi connectivity index (χ4v) is 5.95. The standard InChI is InChI=1S/C23H26F3N5O2/c1-12(13-3-2-4-15(5-13)23(24,25)26)30-17-8-20(22(30)33)29(10-17)11-18(28)21(32)31-16(9-27)6-14-7-19(14)31/h2-5,12,14,16-20H,6-8,10-11,28H2,1H3/t12?,14-,16?,17-,18?,19+,20+/m1/s1. The third kappa shape index (κ3) is 3.67. The number of fused-ring (bicyclic) bond motifs is 3. The number of hydrogen-bond acceptors (Lipinski definition) is 5. The Kier molecular flexibility index (Phi) is 5.18. The van der Waals surface area contributed by atoms with Crippen LogP contribution in [0.4, 0.5) is 13.2 Å². The van der Waals surface area contributed by atoms with Gasteiger partial charge in [-0.25, -0.2) is 0 Å². The van der Waals surface area contributed by atoms with E-state index in [1.807, 2.05) is 4.90 Å². The molecule has 5 rings (SSSR count). The Bertz CT molecular complexity index is 1020. The molecular weight excluding hydrogens is 435 g/mol. The van der Waals surface area contributed by atoms with Crippen LogP contribution in [0.2, 0.25) is 0 Å². The van der Waals surface area contributed by atoms with Crippen LogP contribution in [-0.4, -0.2) is 69.8 Å². The topological polar surface area (TPSA) is 93.7 Å². The summed E-state index contributed by atoms with van der Waals surface area (Å²) in [5, 5.41) is 9.34. The van der Waals surface area contributed by atoms with E-state index in [9.17, 15) is 28.0 Å². The van der Waals surface area contributed by atoms with Crippen LogP contribution in [0.5, 0.6) is 0 Å². The maximum Gasteiger partial charge on any atom is 0.416 e. The van der Waals surface area contributed by atoms with Gasteiger partial charge in [0.05, 0.1) is 29.8 Å². The summed E-state index contributed by atoms with van der Waals surface area (Å²) in [4.78, 5) is 31.3. The fraction of sp³-hybridized carbons (Fsp3) is 0.609. The molecule has 3 heterocycles. The highest BCUT2D eigenvalue weighted by Gasteiger charge is 2.56. The highest BCUT2D eigenvalue weighted by Crippen LogP contribution is 2.48. The van der Waals surface area contributed by atoms with Crippen molar-refractivity contribution in [3.05, 3.63) is 35.4 Å². The van der Waals surface area contributed by atoms with Crippen molar-refractivity contribution >= 4 is 11.8 Å². The lowest BCUT2D eigenvalue weighted by atomic mass is 10.0. The molecule has 1 aromatic rings. The molecule has 0 spiro atoms. The quantitative estimate of drug-likeness (QED) is 0.723. The molecule has 4 aliphatic rings. The Labute approximate surface area is 189 Å². The average Bonchev–Trinajstić information content (AvgIpc) is 3.11. The second-order valence-electron chi connectivity index (χ2n) is 9.70. The van der Waals surface area contributed by atoms with E-state index in [0.717, 1.165) is 18.6 Å². The number of nitriles is 1. The minimum Gasteiger partial charge on any atom is -0.330 e. The normalized spacial score (nSPS) is 32.6. The third-order valence-corrected chi connectivity index (χ3v) is 7.68. The predicted molar refractivity (Wildman–Crippen MR) is 111 cm³/mol. The van der Waals surface area contributed by atoms with Crippen LogP contribution in [0.3, 0.4) is 0 Å². The monoisotopic (exact) mass is 461 g/mol. The summed E-state index contributed by atoms with van der Waals surface area (Å²) < 4.78 is 39.3. The van der Waals surface area contributed by atoms with E-state index >= 15 is 0 Å². The molecule has 0 radical (unpaired) electrons. The van der Waals surface area contributed by atoms with Crippen molar-refractivity contribution in [1.29, 1.82) is 5.26 Å². The zero-order chi connectivity index (χ0) is 23.7. The van der Waals surface area contributed by atoms with E-state index in [2.05, 4.69) is 6.07 Å². The number of likely N-dealkylation sites (tertiary alicyclic amines) is 3. The van der Waals surface area contributed by atoms with Crippen molar-refractivity contribution in [2.24, 2.45) is 11.7 Å². The van der Waals surface area contributed by atoms with Gasteiger partial charge in [-0.05, 0) is 49.8 Å². The van der Waals surface area contributed by atoms with Gasteiger partial charge in [0.15, 0.2) is 0 Å². The second-order valence-corrected chi connectivity index (χ2v) is 9.70. The molecule has 7 nitrogen and oxygen atoms in total. The SMILES string of the molecule is CC(c1cccc(C(F)(F)F)c1)N1C(=O)[C@@H]2C[C@@H]1CN2CC(N)C(=O)N1C(C#N)C[C@@H]2C[C@@H]21. The van der Waals surface area contributed by atoms with Gasteiger partial charge >= 0.3 is 6.18 Å². The molecule has 3 aliphatic heterocycles. The number of rotatable bonds is 5. The van der Waals surface area contributed by atoms with Crippen LogP contribution >= 0.6 is 0 Å². The van der Waals surface area contributed by atoms with Gasteiger partial charge in [-0.3, -0.25) is 14.5 Å². The largest absolute Gasteiger partial charge is 0.416 e. The Morgan fingerprint density at radius 2 is 2.06 bits per heavy atom. The summed E-state index contributed by atoms with van der Waals surface area (Å²) in [5.41, 5.74) is 5.93. The lowest BCUT2D eigenvalue weighted by molar-refractivity contribution is -0.141. The van der Waals surface area contributed by atoms with Crippen molar-refractivity contribution in [2.75, 3.05) is 13.1 Å². The summed E-state index contributed by atoms with van der Waals surface area (Å²) in [6.07, 6.45) is -2.25. The van der Waals surface area contributed by atoms with Crippen molar-refractivity contribution in [3.63, 3.8) is 0 Å². The Morgan fingerprint density at radius 1 is 1.30 bits per heavy atom. The lowest BCUT2D eigenvalue weighted by Gasteiger charge is -2.38. The van der Waals surface area contributed by atoms with Crippen molar-refractivity contribution in [3.8, 4) is 6.07 Å². The zero-order valence-corrected chi connectivity index (χ0v) is 18.2. The molecule has 1 saturated carbocycles. The molecule has 4 fully saturated rings. The average molecular weight is 461 g/mol. The van der Waals surface area contributed by atoms with E-state index in [0.29, 0.717) is 30.9 Å². The van der Waals surface area contributed by atoms with Crippen LogP contribution in [0.15, 0.2) is 24.3 Å². The fourth-order valence-electron chi connectivity index (χ4n) is 5.95. The molecule has 10 heteroatoms. The maximum atomic E-state index is 13.1. The van der Waals surface area contributed by atoms with Gasteiger partial charge in [-0.2, -0.15) is 18.4 Å². The van der Waals surface area contributed by atoms with Crippen molar-refractivity contribution < 1.29 is 22.8 Å². The van der Waals surface area contributed by atoms with Crippen molar-refractivity contribution in [1.82, 2.24) is 14.7 Å². The maximum absolute atomic E-state index is 13.1. The number of piperidine rings is 1. The number of piperazine rings is 1. The minimum atomic E-state index is -4.44. The Balaban J connectivity index is 1.24. The van der Waals surface area contributed by atoms with Crippen molar-refractivity contribution in [2.45, 2.75) is 68.6 Å². The number of alkyl halides is 3. The first-order chi connectivity index (χ1) is 15.6. The number of carbonyl (C=O) groups is 2. The van der Waals surface area contributed by atoms with E-state index in [4.69, 9.17) is 5.73 Å². The van der Waals surface area contributed by atoms with Gasteiger partial charge in [-0.1, -0.05) is 12.1 Å². The van der Waals surface area contributed by atoms with Crippen LogP contribution < -0.4 is 5.73 Å². The minimum absolute atomic E-state index is 0.119. The summed E-state index contributed by atoms with van der Waals surface area (Å²) in [5.74, 6) is 0.0196. The van der Waals surface area contributed by atoms with Crippen LogP contribution in [0, 0.1) is 17.2 Å². The number of halogens is 3. The van der Waals surface area contributed by atoms with Gasteiger partial charge in [0.2, 0.25) is 11.8 Å². The van der Waals surface area contributed by atoms with Gasteiger partial charge in [0.1, 0.15) is 6.04 Å². The number of nitrogens with zero attached hydrogens (tertiary/aromatic N) is 4. The molecule has 176 valence electrons. The van der Waals surface area contributed by atoms with E-state index < -0.39 is 35.9 Å². The molecule has 0 aromatic heterocycles. The van der Waals surface area contributed by atoms with E-state index in [-0.39, 0.29) is 30.4 Å². The predicted octanol–water partition coefficient (Wildman–Crippen LogP) is 1.89. The summed E-state index contributed by atoms with van der Waals surface area (Å²) in [6, 6.07) is 5.11. The number of nitrogens with two attached hydrogens (primary N) is 1. The molecule has 3 saturated heterocycles. The lowest BCUT2D eigenvalue weighted by Crippen LogP contribution is -2.57. The molecule has 7 atom stereocenters. The van der Waals surface area contributed by atoms with E-state index in [1.54, 1.807) is 22.8 Å². The first-order valence-corrected chi connectivity index (χ1v) is 11.3. The molecule has 1 aromatic carbocycles. The number of amides is 2. The molecular formula is C23H26F3N5O2. The summed E-state index contributed by atoms with van der Waals surface area (Å²) in [7, 11) is 0. The first kappa shape index (κ1) is 22.2. The van der Waals surface area contributed by atoms with Gasteiger partial charge < -0.3 is 15.5 Å². The number of benzene rings is 1. The first-order valence-electron chi connectivity index (χ1n) is 11.3. The smallest absolute Gasteiger partial charge is 0.330 e. The molecule has 3 unspecified atom stereocenters. The summed E-state index contributed by atoms with van der Waals surface area (Å²) >= 11 is 0. The van der Waals surface area contributed by atoms with Gasteiger partial charge in [-0.15, -0.1) is 0 Å². The molecule has 2 bridgehead atoms. The van der Waals surface area contributed by atoms with Crippen LogP contribution in [0.25, 0.3) is 0 Å². The highest BCUT2D eigenvalue weighted by molar-refractivity contribution is 5.87. The Hall–Kier alpha value is -2.64. The van der Waals surface area contributed by atoms with Crippen LogP contribution in [0.1, 0.15) is 43.4 Å². The molecule has 1 aliphatic carbocycles. The van der Waals surface area contributed by atoms with Crippen LogP contribution in [-0.2, 0) is 15.8 Å². The molecule has 2 N–H and O–H groups in total. The molecule has 33 heavy (non-hydrogen) atoms. The number of carbonyl (C=O) groups excluding carboxylic acids is 2. The number of hydrogen-bond donors (Lipinski definition) is 1. The third-order valence-electron chi connectivity index (χ3n) is 7.68. The molecule has 2 amide bonds. The van der Waals surface area contributed by atoms with Gasteiger partial charge in [0.25, 0.3) is 0 Å². The zero-order valence-electron chi connectivity index (χ0n) is 18.2. The second kappa shape index (κ2) is 7.71. The van der Waals surface area contributed by atoms with Gasteiger partial charge in [0, 0.05) is 25.2 Å². The van der Waals surface area contributed by atoms with E-state index in [1.165, 1.54) is 6.07 Å². The Morgan fingerprint density at radius 3 is 2.73 bits per heavy atom. The summed E-state index contributed by atoms with van der Waals surface area (Å²) in [6.45, 7) is 2.49. The highest BCUT2D eigenvalue weighted by atomic mass is 19.4.